The lowest BCUT2D eigenvalue weighted by Gasteiger charge is -2.37. The standard InChI is InChI=1S/C14H22N2O2S.ClH/c1-11-3-4-12(19-11)9-16(2)13(17)14(10-15)5-7-18-8-6-14;/h3-4H,5-10,15H2,1-2H3;1H. The Kier molecular flexibility index (Phi) is 6.45. The molecule has 20 heavy (non-hydrogen) atoms. The van der Waals surface area contributed by atoms with E-state index in [0.29, 0.717) is 26.3 Å². The Bertz CT molecular complexity index is 444. The molecule has 0 radical (unpaired) electrons. The van der Waals surface area contributed by atoms with Crippen LogP contribution in [-0.2, 0) is 16.1 Å². The van der Waals surface area contributed by atoms with Gasteiger partial charge >= 0.3 is 0 Å². The summed E-state index contributed by atoms with van der Waals surface area (Å²) in [7, 11) is 1.87. The summed E-state index contributed by atoms with van der Waals surface area (Å²) in [4.78, 5) is 17.0. The van der Waals surface area contributed by atoms with Gasteiger partial charge < -0.3 is 15.4 Å². The smallest absolute Gasteiger partial charge is 0.230 e. The van der Waals surface area contributed by atoms with E-state index in [9.17, 15) is 4.79 Å². The zero-order valence-electron chi connectivity index (χ0n) is 12.1. The van der Waals surface area contributed by atoms with Crippen LogP contribution in [0.2, 0.25) is 0 Å². The zero-order chi connectivity index (χ0) is 13.9. The van der Waals surface area contributed by atoms with E-state index in [1.165, 1.54) is 9.75 Å². The lowest BCUT2D eigenvalue weighted by Crippen LogP contribution is -2.49. The number of carbonyl (C=O) groups excluding carboxylic acids is 1. The van der Waals surface area contributed by atoms with Crippen molar-refractivity contribution in [3.05, 3.63) is 21.9 Å². The summed E-state index contributed by atoms with van der Waals surface area (Å²) >= 11 is 1.74. The van der Waals surface area contributed by atoms with E-state index in [-0.39, 0.29) is 18.3 Å². The lowest BCUT2D eigenvalue weighted by atomic mass is 9.79. The first-order valence-electron chi connectivity index (χ1n) is 6.66. The van der Waals surface area contributed by atoms with Crippen molar-refractivity contribution in [2.45, 2.75) is 26.3 Å². The van der Waals surface area contributed by atoms with Gasteiger partial charge in [-0.25, -0.2) is 0 Å². The van der Waals surface area contributed by atoms with Crippen molar-refractivity contribution in [3.63, 3.8) is 0 Å². The number of nitrogens with zero attached hydrogens (tertiary/aromatic N) is 1. The molecule has 0 aromatic carbocycles. The normalized spacial score (nSPS) is 17.4. The predicted molar refractivity (Wildman–Crippen MR) is 84.3 cm³/mol. The highest BCUT2D eigenvalue weighted by Crippen LogP contribution is 2.32. The van der Waals surface area contributed by atoms with E-state index in [2.05, 4.69) is 19.1 Å². The fourth-order valence-electron chi connectivity index (χ4n) is 2.55. The van der Waals surface area contributed by atoms with Crippen LogP contribution in [0.3, 0.4) is 0 Å². The monoisotopic (exact) mass is 318 g/mol. The van der Waals surface area contributed by atoms with Crippen LogP contribution in [0.4, 0.5) is 0 Å². The molecule has 0 atom stereocenters. The van der Waals surface area contributed by atoms with Gasteiger partial charge in [0.1, 0.15) is 0 Å². The molecule has 0 saturated carbocycles. The summed E-state index contributed by atoms with van der Waals surface area (Å²) in [6.07, 6.45) is 1.46. The molecule has 1 aromatic heterocycles. The Morgan fingerprint density at radius 1 is 1.45 bits per heavy atom. The molecule has 1 amide bonds. The number of carbonyl (C=O) groups is 1. The molecule has 1 aliphatic rings. The quantitative estimate of drug-likeness (QED) is 0.926. The van der Waals surface area contributed by atoms with E-state index < -0.39 is 5.41 Å². The first-order chi connectivity index (χ1) is 9.07. The van der Waals surface area contributed by atoms with E-state index >= 15 is 0 Å². The number of aryl methyl sites for hydroxylation is 1. The number of ether oxygens (including phenoxy) is 1. The molecule has 0 aliphatic carbocycles. The molecule has 4 nitrogen and oxygen atoms in total. The fourth-order valence-corrected chi connectivity index (χ4v) is 3.49. The molecule has 114 valence electrons. The Hall–Kier alpha value is -0.620. The summed E-state index contributed by atoms with van der Waals surface area (Å²) in [5.41, 5.74) is 5.46. The summed E-state index contributed by atoms with van der Waals surface area (Å²) in [6.45, 7) is 4.42. The molecule has 2 heterocycles. The number of nitrogens with two attached hydrogens (primary N) is 1. The third-order valence-corrected chi connectivity index (χ3v) is 4.82. The van der Waals surface area contributed by atoms with Crippen molar-refractivity contribution in [1.82, 2.24) is 4.90 Å². The van der Waals surface area contributed by atoms with Crippen molar-refractivity contribution in [3.8, 4) is 0 Å². The Balaban J connectivity index is 0.00000200. The largest absolute Gasteiger partial charge is 0.381 e. The van der Waals surface area contributed by atoms with E-state index in [1.54, 1.807) is 11.3 Å². The van der Waals surface area contributed by atoms with Gasteiger partial charge in [-0.3, -0.25) is 4.79 Å². The first kappa shape index (κ1) is 17.4. The number of hydrogen-bond acceptors (Lipinski definition) is 4. The molecule has 1 saturated heterocycles. The summed E-state index contributed by atoms with van der Waals surface area (Å²) < 4.78 is 5.35. The van der Waals surface area contributed by atoms with Gasteiger partial charge in [-0.15, -0.1) is 23.7 Å². The third kappa shape index (κ3) is 3.73. The topological polar surface area (TPSA) is 55.6 Å². The molecule has 6 heteroatoms. The van der Waals surface area contributed by atoms with Crippen molar-refractivity contribution in [1.29, 1.82) is 0 Å². The van der Waals surface area contributed by atoms with Gasteiger partial charge in [0.05, 0.1) is 12.0 Å². The minimum absolute atomic E-state index is 0. The third-order valence-electron chi connectivity index (χ3n) is 3.83. The van der Waals surface area contributed by atoms with Crippen LogP contribution < -0.4 is 5.73 Å². The minimum Gasteiger partial charge on any atom is -0.381 e. The van der Waals surface area contributed by atoms with Crippen LogP contribution in [0.25, 0.3) is 0 Å². The molecule has 1 aromatic rings. The number of amides is 1. The Morgan fingerprint density at radius 3 is 2.60 bits per heavy atom. The summed E-state index contributed by atoms with van der Waals surface area (Å²) in [6, 6.07) is 4.17. The molecule has 2 rings (SSSR count). The molecule has 0 bridgehead atoms. The lowest BCUT2D eigenvalue weighted by molar-refractivity contribution is -0.146. The van der Waals surface area contributed by atoms with Gasteiger partial charge in [-0.1, -0.05) is 0 Å². The van der Waals surface area contributed by atoms with Gasteiger partial charge in [0, 0.05) is 36.6 Å². The van der Waals surface area contributed by atoms with Gasteiger partial charge in [-0.05, 0) is 31.9 Å². The Morgan fingerprint density at radius 2 is 2.10 bits per heavy atom. The molecule has 0 spiro atoms. The maximum Gasteiger partial charge on any atom is 0.230 e. The molecule has 0 unspecified atom stereocenters. The highest BCUT2D eigenvalue weighted by Gasteiger charge is 2.40. The first-order valence-corrected chi connectivity index (χ1v) is 7.48. The van der Waals surface area contributed by atoms with Crippen molar-refractivity contribution < 1.29 is 9.53 Å². The van der Waals surface area contributed by atoms with Crippen molar-refractivity contribution in [2.24, 2.45) is 11.1 Å². The van der Waals surface area contributed by atoms with Crippen LogP contribution in [-0.4, -0.2) is 37.6 Å². The number of hydrogen-bond donors (Lipinski definition) is 1. The molecular formula is C14H23ClN2O2S. The number of thiophene rings is 1. The molecule has 1 aliphatic heterocycles. The maximum absolute atomic E-state index is 12.7. The van der Waals surface area contributed by atoms with Crippen molar-refractivity contribution in [2.75, 3.05) is 26.8 Å². The summed E-state index contributed by atoms with van der Waals surface area (Å²) in [5.74, 6) is 0.157. The highest BCUT2D eigenvalue weighted by atomic mass is 35.5. The van der Waals surface area contributed by atoms with Crippen LogP contribution >= 0.6 is 23.7 Å². The minimum atomic E-state index is -0.417. The van der Waals surface area contributed by atoms with Gasteiger partial charge in [0.25, 0.3) is 0 Å². The number of rotatable bonds is 4. The van der Waals surface area contributed by atoms with Crippen LogP contribution in [0.1, 0.15) is 22.6 Å². The molecule has 1 fully saturated rings. The average molecular weight is 319 g/mol. The van der Waals surface area contributed by atoms with E-state index in [1.807, 2.05) is 11.9 Å². The van der Waals surface area contributed by atoms with Crippen LogP contribution in [0.5, 0.6) is 0 Å². The van der Waals surface area contributed by atoms with Gasteiger partial charge in [0.2, 0.25) is 5.91 Å². The molecule has 2 N–H and O–H groups in total. The SMILES string of the molecule is Cc1ccc(CN(C)C(=O)C2(CN)CCOCC2)s1.Cl. The van der Waals surface area contributed by atoms with Crippen LogP contribution in [0.15, 0.2) is 12.1 Å². The van der Waals surface area contributed by atoms with E-state index in [0.717, 1.165) is 12.8 Å². The number of halogens is 1. The second-order valence-corrected chi connectivity index (χ2v) is 6.64. The second-order valence-electron chi connectivity index (χ2n) is 5.27. The summed E-state index contributed by atoms with van der Waals surface area (Å²) in [5, 5.41) is 0. The fraction of sp³-hybridized carbons (Fsp3) is 0.643. The maximum atomic E-state index is 12.7. The van der Waals surface area contributed by atoms with Crippen LogP contribution in [0, 0.1) is 12.3 Å². The molecular weight excluding hydrogens is 296 g/mol. The van der Waals surface area contributed by atoms with Gasteiger partial charge in [-0.2, -0.15) is 0 Å². The highest BCUT2D eigenvalue weighted by molar-refractivity contribution is 7.11. The predicted octanol–water partition coefficient (Wildman–Crippen LogP) is 2.19. The average Bonchev–Trinajstić information content (AvgIpc) is 2.84. The van der Waals surface area contributed by atoms with Crippen molar-refractivity contribution >= 4 is 29.7 Å². The van der Waals surface area contributed by atoms with E-state index in [4.69, 9.17) is 10.5 Å². The second kappa shape index (κ2) is 7.41. The Labute approximate surface area is 130 Å². The zero-order valence-corrected chi connectivity index (χ0v) is 13.7. The van der Waals surface area contributed by atoms with Gasteiger partial charge in [0.15, 0.2) is 0 Å².